The lowest BCUT2D eigenvalue weighted by atomic mass is 9.77. The first-order valence-electron chi connectivity index (χ1n) is 16.6. The molecule has 3 heteroatoms. The van der Waals surface area contributed by atoms with Gasteiger partial charge in [0.25, 0.3) is 0 Å². The summed E-state index contributed by atoms with van der Waals surface area (Å²) in [6.07, 6.45) is 2.05. The maximum absolute atomic E-state index is 7.38. The van der Waals surface area contributed by atoms with Crippen LogP contribution in [0, 0.1) is 22.7 Å². The minimum Gasteiger partial charge on any atom is -0.366 e. The first-order valence-corrected chi connectivity index (χ1v) is 18.9. The number of hydrogen-bond acceptors (Lipinski definition) is 3. The summed E-state index contributed by atoms with van der Waals surface area (Å²) >= 11 is 4.11. The fraction of sp³-hybridized carbons (Fsp3) is 0.429. The Morgan fingerprint density at radius 3 is 1.09 bits per heavy atom. The Bertz CT molecular complexity index is 1240. The molecule has 0 spiro atoms. The van der Waals surface area contributed by atoms with Crippen LogP contribution in [0.2, 0.25) is 0 Å². The van der Waals surface area contributed by atoms with Crippen LogP contribution >= 0.6 is 23.5 Å². The maximum atomic E-state index is 7.38. The van der Waals surface area contributed by atoms with Crippen LogP contribution in [0.1, 0.15) is 88.8 Å². The first kappa shape index (κ1) is 35.4. The zero-order chi connectivity index (χ0) is 32.1. The maximum Gasteiger partial charge on any atom is 0.0836 e. The van der Waals surface area contributed by atoms with E-state index in [0.717, 1.165) is 35.9 Å². The summed E-state index contributed by atoms with van der Waals surface area (Å²) in [5.74, 6) is 5.33. The van der Waals surface area contributed by atoms with Gasteiger partial charge in [0.15, 0.2) is 0 Å². The van der Waals surface area contributed by atoms with E-state index in [-0.39, 0.29) is 23.0 Å². The highest BCUT2D eigenvalue weighted by atomic mass is 32.2. The second-order valence-corrected chi connectivity index (χ2v) is 16.6. The minimum absolute atomic E-state index is 0.0237. The van der Waals surface area contributed by atoms with E-state index in [4.69, 9.17) is 4.74 Å². The van der Waals surface area contributed by atoms with Gasteiger partial charge in [-0.1, -0.05) is 163 Å². The quantitative estimate of drug-likeness (QED) is 0.121. The van der Waals surface area contributed by atoms with Crippen molar-refractivity contribution in [3.8, 4) is 0 Å². The average molecular weight is 639 g/mol. The molecule has 45 heavy (non-hydrogen) atoms. The third-order valence-corrected chi connectivity index (χ3v) is 11.3. The molecule has 0 saturated carbocycles. The lowest BCUT2D eigenvalue weighted by Crippen LogP contribution is -2.28. The zero-order valence-electron chi connectivity index (χ0n) is 28.3. The molecule has 0 aliphatic carbocycles. The smallest absolute Gasteiger partial charge is 0.0836 e. The van der Waals surface area contributed by atoms with Gasteiger partial charge in [-0.2, -0.15) is 23.5 Å². The van der Waals surface area contributed by atoms with E-state index >= 15 is 0 Å². The fourth-order valence-corrected chi connectivity index (χ4v) is 8.65. The summed E-state index contributed by atoms with van der Waals surface area (Å²) in [6, 6.07) is 43.7. The van der Waals surface area contributed by atoms with Gasteiger partial charge in [-0.25, -0.2) is 0 Å². The highest BCUT2D eigenvalue weighted by Crippen LogP contribution is 2.43. The summed E-state index contributed by atoms with van der Waals surface area (Å²) in [4.78, 5) is 0. The van der Waals surface area contributed by atoms with Crippen molar-refractivity contribution in [3.05, 3.63) is 144 Å². The first-order chi connectivity index (χ1) is 21.6. The Kier molecular flexibility index (Phi) is 13.7. The Morgan fingerprint density at radius 1 is 0.467 bits per heavy atom. The largest absolute Gasteiger partial charge is 0.366 e. The topological polar surface area (TPSA) is 9.23 Å². The fourth-order valence-electron chi connectivity index (χ4n) is 5.72. The van der Waals surface area contributed by atoms with Crippen molar-refractivity contribution >= 4 is 23.5 Å². The Balaban J connectivity index is 1.56. The Labute approximate surface area is 283 Å². The summed E-state index contributed by atoms with van der Waals surface area (Å²) < 4.78 is 7.38. The van der Waals surface area contributed by atoms with Gasteiger partial charge in [-0.05, 0) is 69.3 Å². The van der Waals surface area contributed by atoms with Crippen molar-refractivity contribution in [1.29, 1.82) is 0 Å². The van der Waals surface area contributed by atoms with E-state index in [1.54, 1.807) is 0 Å². The minimum atomic E-state index is 0.0237. The van der Waals surface area contributed by atoms with Gasteiger partial charge in [-0.15, -0.1) is 0 Å². The van der Waals surface area contributed by atoms with Crippen molar-refractivity contribution in [2.24, 2.45) is 22.7 Å². The van der Waals surface area contributed by atoms with Gasteiger partial charge < -0.3 is 4.74 Å². The highest BCUT2D eigenvalue weighted by Gasteiger charge is 2.33. The van der Waals surface area contributed by atoms with Gasteiger partial charge in [0, 0.05) is 11.5 Å². The van der Waals surface area contributed by atoms with Gasteiger partial charge in [0.1, 0.15) is 0 Å². The molecular weight excluding hydrogens is 585 g/mol. The van der Waals surface area contributed by atoms with Gasteiger partial charge in [-0.3, -0.25) is 0 Å². The average Bonchev–Trinajstić information content (AvgIpc) is 3.03. The molecule has 4 rings (SSSR count). The molecule has 1 nitrogen and oxygen atoms in total. The van der Waals surface area contributed by atoms with E-state index in [0.29, 0.717) is 11.8 Å². The lowest BCUT2D eigenvalue weighted by Gasteiger charge is -2.37. The molecule has 0 N–H and O–H groups in total. The third-order valence-electron chi connectivity index (χ3n) is 8.98. The number of ether oxygens (including phenoxy) is 1. The van der Waals surface area contributed by atoms with Crippen LogP contribution in [-0.4, -0.2) is 11.5 Å². The standard InChI is InChI=1S/C42H54OS2/c1-41(2,3)37(31-44-29-33-19-11-7-12-20-33)27-39(35-23-15-9-16-24-35)43-40(36-25-17-10-18-26-36)28-38(42(4,5)6)32-45-30-34-21-13-8-14-22-34/h7-26,37-40H,27-32H2,1-6H3. The van der Waals surface area contributed by atoms with Gasteiger partial charge >= 0.3 is 0 Å². The molecule has 240 valence electrons. The second kappa shape index (κ2) is 17.5. The van der Waals surface area contributed by atoms with Crippen LogP contribution in [-0.2, 0) is 16.2 Å². The molecular formula is C42H54OS2. The molecule has 4 aromatic carbocycles. The van der Waals surface area contributed by atoms with Crippen LogP contribution in [0.5, 0.6) is 0 Å². The number of rotatable bonds is 16. The molecule has 0 aromatic heterocycles. The highest BCUT2D eigenvalue weighted by molar-refractivity contribution is 7.98. The van der Waals surface area contributed by atoms with E-state index in [9.17, 15) is 0 Å². The summed E-state index contributed by atoms with van der Waals surface area (Å²) in [7, 11) is 0. The number of thioether (sulfide) groups is 2. The van der Waals surface area contributed by atoms with E-state index in [2.05, 4.69) is 186 Å². The molecule has 4 unspecified atom stereocenters. The summed E-state index contributed by atoms with van der Waals surface area (Å²) in [5.41, 5.74) is 5.70. The van der Waals surface area contributed by atoms with Crippen LogP contribution in [0.4, 0.5) is 0 Å². The summed E-state index contributed by atoms with van der Waals surface area (Å²) in [6.45, 7) is 14.4. The van der Waals surface area contributed by atoms with Crippen molar-refractivity contribution < 1.29 is 4.74 Å². The molecule has 0 fully saturated rings. The van der Waals surface area contributed by atoms with Crippen LogP contribution in [0.25, 0.3) is 0 Å². The zero-order valence-corrected chi connectivity index (χ0v) is 30.0. The predicted molar refractivity (Wildman–Crippen MR) is 200 cm³/mol. The second-order valence-electron chi connectivity index (χ2n) is 14.5. The number of hydrogen-bond donors (Lipinski definition) is 0. The number of benzene rings is 4. The van der Waals surface area contributed by atoms with Crippen LogP contribution < -0.4 is 0 Å². The molecule has 0 aliphatic rings. The SMILES string of the molecule is CC(C)(C)C(CSCc1ccccc1)CC(OC(CC(CSCc1ccccc1)C(C)(C)C)c1ccccc1)c1ccccc1. The molecule has 4 aromatic rings. The lowest BCUT2D eigenvalue weighted by molar-refractivity contribution is -0.0495. The summed E-state index contributed by atoms with van der Waals surface area (Å²) in [5, 5.41) is 0. The molecule has 0 saturated heterocycles. The van der Waals surface area contributed by atoms with Gasteiger partial charge in [0.2, 0.25) is 0 Å². The van der Waals surface area contributed by atoms with Crippen molar-refractivity contribution in [3.63, 3.8) is 0 Å². The molecule has 0 aliphatic heterocycles. The van der Waals surface area contributed by atoms with E-state index in [1.807, 2.05) is 0 Å². The predicted octanol–water partition coefficient (Wildman–Crippen LogP) is 12.5. The molecule has 0 bridgehead atoms. The van der Waals surface area contributed by atoms with Crippen molar-refractivity contribution in [1.82, 2.24) is 0 Å². The molecule has 4 atom stereocenters. The van der Waals surface area contributed by atoms with Crippen molar-refractivity contribution in [2.45, 2.75) is 78.1 Å². The molecule has 0 radical (unpaired) electrons. The van der Waals surface area contributed by atoms with Crippen LogP contribution in [0.15, 0.2) is 121 Å². The molecule has 0 amide bonds. The monoisotopic (exact) mass is 638 g/mol. The Morgan fingerprint density at radius 2 is 0.778 bits per heavy atom. The normalized spacial score (nSPS) is 14.9. The van der Waals surface area contributed by atoms with E-state index in [1.165, 1.54) is 22.3 Å². The van der Waals surface area contributed by atoms with Crippen LogP contribution in [0.3, 0.4) is 0 Å². The Hall–Kier alpha value is -2.46. The van der Waals surface area contributed by atoms with Crippen molar-refractivity contribution in [2.75, 3.05) is 11.5 Å². The van der Waals surface area contributed by atoms with E-state index < -0.39 is 0 Å². The third kappa shape index (κ3) is 12.0. The molecule has 0 heterocycles. The van der Waals surface area contributed by atoms with Gasteiger partial charge in [0.05, 0.1) is 12.2 Å².